The fraction of sp³-hybridized carbons (Fsp3) is 0.133. The van der Waals surface area contributed by atoms with Crippen molar-refractivity contribution < 1.29 is 14.4 Å². The van der Waals surface area contributed by atoms with Gasteiger partial charge in [0.15, 0.2) is 5.78 Å². The van der Waals surface area contributed by atoms with E-state index in [2.05, 4.69) is 10.9 Å². The van der Waals surface area contributed by atoms with Gasteiger partial charge in [0, 0.05) is 5.56 Å². The van der Waals surface area contributed by atoms with Gasteiger partial charge in [0.05, 0.1) is 9.75 Å². The molecule has 0 atom stereocenters. The van der Waals surface area contributed by atoms with Crippen LogP contribution < -0.4 is 10.9 Å². The molecule has 0 spiro atoms. The van der Waals surface area contributed by atoms with Crippen LogP contribution in [-0.4, -0.2) is 17.6 Å². The molecule has 1 aromatic heterocycles. The molecule has 0 saturated heterocycles. The summed E-state index contributed by atoms with van der Waals surface area (Å²) in [6.45, 7) is 3.36. The zero-order valence-corrected chi connectivity index (χ0v) is 12.4. The predicted octanol–water partition coefficient (Wildman–Crippen LogP) is 2.33. The Hall–Kier alpha value is -2.47. The van der Waals surface area contributed by atoms with Crippen molar-refractivity contribution >= 4 is 28.9 Å². The molecule has 1 heterocycles. The van der Waals surface area contributed by atoms with Crippen molar-refractivity contribution in [2.45, 2.75) is 13.8 Å². The maximum Gasteiger partial charge on any atom is 0.279 e. The van der Waals surface area contributed by atoms with Gasteiger partial charge in [-0.3, -0.25) is 25.2 Å². The van der Waals surface area contributed by atoms with Crippen molar-refractivity contribution in [2.24, 2.45) is 0 Å². The third-order valence-electron chi connectivity index (χ3n) is 2.78. The molecule has 2 aromatic rings. The first-order valence-electron chi connectivity index (χ1n) is 6.25. The minimum absolute atomic E-state index is 0.0947. The molecule has 0 saturated carbocycles. The molecular weight excluding hydrogens is 288 g/mol. The van der Waals surface area contributed by atoms with Gasteiger partial charge in [-0.05, 0) is 38.1 Å². The zero-order chi connectivity index (χ0) is 15.4. The van der Waals surface area contributed by atoms with Crippen LogP contribution in [0, 0.1) is 6.92 Å². The van der Waals surface area contributed by atoms with E-state index in [0.29, 0.717) is 15.3 Å². The van der Waals surface area contributed by atoms with E-state index in [1.54, 1.807) is 24.3 Å². The van der Waals surface area contributed by atoms with Gasteiger partial charge in [-0.1, -0.05) is 17.7 Å². The molecule has 2 rings (SSSR count). The van der Waals surface area contributed by atoms with Crippen LogP contribution in [0.3, 0.4) is 0 Å². The van der Waals surface area contributed by atoms with Gasteiger partial charge in [-0.2, -0.15) is 0 Å². The lowest BCUT2D eigenvalue weighted by molar-refractivity contribution is 0.0849. The van der Waals surface area contributed by atoms with Crippen LogP contribution in [0.25, 0.3) is 0 Å². The summed E-state index contributed by atoms with van der Waals surface area (Å²) in [5, 5.41) is 0. The fourth-order valence-electron chi connectivity index (χ4n) is 1.60. The van der Waals surface area contributed by atoms with E-state index in [-0.39, 0.29) is 5.78 Å². The number of hydrogen-bond acceptors (Lipinski definition) is 4. The fourth-order valence-corrected chi connectivity index (χ4v) is 2.40. The lowest BCUT2D eigenvalue weighted by Crippen LogP contribution is -2.41. The smallest absolute Gasteiger partial charge is 0.279 e. The van der Waals surface area contributed by atoms with E-state index in [4.69, 9.17) is 0 Å². The third kappa shape index (κ3) is 3.76. The van der Waals surface area contributed by atoms with Gasteiger partial charge in [-0.25, -0.2) is 0 Å². The second-order valence-corrected chi connectivity index (χ2v) is 5.58. The molecule has 6 heteroatoms. The number of rotatable bonds is 3. The minimum atomic E-state index is -0.451. The maximum atomic E-state index is 11.8. The molecule has 0 aliphatic heterocycles. The molecule has 1 aromatic carbocycles. The number of carbonyl (C=O) groups excluding carboxylic acids is 3. The summed E-state index contributed by atoms with van der Waals surface area (Å²) in [5.74, 6) is -0.942. The summed E-state index contributed by atoms with van der Waals surface area (Å²) in [7, 11) is 0. The van der Waals surface area contributed by atoms with Gasteiger partial charge in [0.25, 0.3) is 11.8 Å². The number of ketones is 1. The first-order valence-corrected chi connectivity index (χ1v) is 7.07. The number of nitrogens with one attached hydrogen (secondary N) is 2. The molecule has 0 unspecified atom stereocenters. The standard InChI is InChI=1S/C15H14N2O3S/c1-9-3-5-11(6-4-9)14(19)16-17-15(20)13-8-7-12(21-13)10(2)18/h3-8H,1-2H3,(H,16,19)(H,17,20). The number of Topliss-reactive ketones (excluding diaryl/α,β-unsaturated/α-hetero) is 1. The van der Waals surface area contributed by atoms with E-state index in [1.807, 2.05) is 19.1 Å². The van der Waals surface area contributed by atoms with Crippen molar-refractivity contribution in [3.8, 4) is 0 Å². The molecule has 0 aliphatic rings. The SMILES string of the molecule is CC(=O)c1ccc(C(=O)NNC(=O)c2ccc(C)cc2)s1. The number of aryl methyl sites for hydroxylation is 1. The van der Waals surface area contributed by atoms with Crippen LogP contribution in [-0.2, 0) is 0 Å². The predicted molar refractivity (Wildman–Crippen MR) is 80.4 cm³/mol. The molecule has 0 aliphatic carbocycles. The van der Waals surface area contributed by atoms with Crippen LogP contribution in [0.1, 0.15) is 42.2 Å². The Bertz CT molecular complexity index is 689. The topological polar surface area (TPSA) is 75.3 Å². The number of benzene rings is 1. The first-order chi connectivity index (χ1) is 9.97. The van der Waals surface area contributed by atoms with Crippen molar-refractivity contribution in [1.29, 1.82) is 0 Å². The Morgan fingerprint density at radius 3 is 2.00 bits per heavy atom. The first kappa shape index (κ1) is 14.9. The monoisotopic (exact) mass is 302 g/mol. The molecule has 21 heavy (non-hydrogen) atoms. The Kier molecular flexibility index (Phi) is 4.49. The zero-order valence-electron chi connectivity index (χ0n) is 11.6. The van der Waals surface area contributed by atoms with Crippen LogP contribution in [0.15, 0.2) is 36.4 Å². The van der Waals surface area contributed by atoms with Gasteiger partial charge in [0.1, 0.15) is 0 Å². The van der Waals surface area contributed by atoms with Crippen LogP contribution >= 0.6 is 11.3 Å². The van der Waals surface area contributed by atoms with Crippen LogP contribution in [0.4, 0.5) is 0 Å². The molecule has 2 N–H and O–H groups in total. The molecule has 108 valence electrons. The summed E-state index contributed by atoms with van der Waals surface area (Å²) in [5.41, 5.74) is 6.17. The summed E-state index contributed by atoms with van der Waals surface area (Å²) in [4.78, 5) is 35.7. The Morgan fingerprint density at radius 1 is 0.857 bits per heavy atom. The molecule has 0 bridgehead atoms. The highest BCUT2D eigenvalue weighted by Gasteiger charge is 2.12. The largest absolute Gasteiger partial charge is 0.294 e. The summed E-state index contributed by atoms with van der Waals surface area (Å²) < 4.78 is 0. The number of hydrazine groups is 1. The van der Waals surface area contributed by atoms with Crippen molar-refractivity contribution in [2.75, 3.05) is 0 Å². The van der Waals surface area contributed by atoms with Gasteiger partial charge in [0.2, 0.25) is 0 Å². The number of hydrogen-bond donors (Lipinski definition) is 2. The Morgan fingerprint density at radius 2 is 1.43 bits per heavy atom. The average molecular weight is 302 g/mol. The van der Waals surface area contributed by atoms with Gasteiger partial charge < -0.3 is 0 Å². The normalized spacial score (nSPS) is 10.0. The lowest BCUT2D eigenvalue weighted by atomic mass is 10.1. The number of amides is 2. The third-order valence-corrected chi connectivity index (χ3v) is 3.96. The van der Waals surface area contributed by atoms with Crippen LogP contribution in [0.5, 0.6) is 0 Å². The van der Waals surface area contributed by atoms with Gasteiger partial charge in [-0.15, -0.1) is 11.3 Å². The molecule has 5 nitrogen and oxygen atoms in total. The summed E-state index contributed by atoms with van der Waals surface area (Å²) in [6, 6.07) is 10.1. The molecule has 0 radical (unpaired) electrons. The lowest BCUT2D eigenvalue weighted by Gasteiger charge is -2.06. The van der Waals surface area contributed by atoms with E-state index >= 15 is 0 Å². The summed E-state index contributed by atoms with van der Waals surface area (Å²) in [6.07, 6.45) is 0. The highest BCUT2D eigenvalue weighted by molar-refractivity contribution is 7.15. The second-order valence-electron chi connectivity index (χ2n) is 4.49. The highest BCUT2D eigenvalue weighted by Crippen LogP contribution is 2.16. The second kappa shape index (κ2) is 6.32. The van der Waals surface area contributed by atoms with E-state index in [0.717, 1.165) is 16.9 Å². The van der Waals surface area contributed by atoms with E-state index in [1.165, 1.54) is 6.92 Å². The Balaban J connectivity index is 1.95. The van der Waals surface area contributed by atoms with Gasteiger partial charge >= 0.3 is 0 Å². The summed E-state index contributed by atoms with van der Waals surface area (Å²) >= 11 is 1.09. The van der Waals surface area contributed by atoms with E-state index in [9.17, 15) is 14.4 Å². The minimum Gasteiger partial charge on any atom is -0.294 e. The van der Waals surface area contributed by atoms with Crippen molar-refractivity contribution in [1.82, 2.24) is 10.9 Å². The maximum absolute atomic E-state index is 11.8. The number of carbonyl (C=O) groups is 3. The average Bonchev–Trinajstić information content (AvgIpc) is 2.95. The number of thiophene rings is 1. The van der Waals surface area contributed by atoms with E-state index < -0.39 is 11.8 Å². The Labute approximate surface area is 126 Å². The highest BCUT2D eigenvalue weighted by atomic mass is 32.1. The molecule has 2 amide bonds. The van der Waals surface area contributed by atoms with Crippen LogP contribution in [0.2, 0.25) is 0 Å². The molecular formula is C15H14N2O3S. The van der Waals surface area contributed by atoms with Crippen molar-refractivity contribution in [3.63, 3.8) is 0 Å². The quantitative estimate of drug-likeness (QED) is 0.675. The van der Waals surface area contributed by atoms with Crippen molar-refractivity contribution in [3.05, 3.63) is 57.3 Å². The molecule has 0 fully saturated rings.